The van der Waals surface area contributed by atoms with E-state index in [1.165, 1.54) is 11.1 Å². The first-order chi connectivity index (χ1) is 5.77. The third kappa shape index (κ3) is 1.09. The third-order valence-corrected chi connectivity index (χ3v) is 2.49. The van der Waals surface area contributed by atoms with Gasteiger partial charge in [-0.1, -0.05) is 24.3 Å². The first-order valence-electron chi connectivity index (χ1n) is 4.18. The Bertz CT molecular complexity index is 292. The van der Waals surface area contributed by atoms with E-state index in [2.05, 4.69) is 12.1 Å². The Morgan fingerprint density at radius 2 is 1.75 bits per heavy atom. The molecule has 0 aromatic heterocycles. The molecule has 62 valence electrons. The van der Waals surface area contributed by atoms with E-state index in [0.717, 1.165) is 12.8 Å². The van der Waals surface area contributed by atoms with Crippen LogP contribution in [0.2, 0.25) is 0 Å². The molecule has 2 heteroatoms. The second-order valence-electron chi connectivity index (χ2n) is 3.33. The van der Waals surface area contributed by atoms with Gasteiger partial charge in [-0.25, -0.2) is 0 Å². The van der Waals surface area contributed by atoms with Gasteiger partial charge in [-0.3, -0.25) is 5.41 Å². The van der Waals surface area contributed by atoms with E-state index in [0.29, 0.717) is 5.84 Å². The van der Waals surface area contributed by atoms with Crippen molar-refractivity contribution in [3.63, 3.8) is 0 Å². The van der Waals surface area contributed by atoms with Crippen LogP contribution >= 0.6 is 0 Å². The van der Waals surface area contributed by atoms with Crippen molar-refractivity contribution in [1.29, 1.82) is 5.41 Å². The zero-order valence-electron chi connectivity index (χ0n) is 6.88. The molecule has 1 aliphatic carbocycles. The number of amidine groups is 1. The fraction of sp³-hybridized carbons (Fsp3) is 0.300. The number of hydrogen-bond acceptors (Lipinski definition) is 1. The van der Waals surface area contributed by atoms with Crippen molar-refractivity contribution < 1.29 is 0 Å². The number of benzene rings is 1. The summed E-state index contributed by atoms with van der Waals surface area (Å²) in [6, 6.07) is 8.33. The van der Waals surface area contributed by atoms with Gasteiger partial charge in [-0.15, -0.1) is 0 Å². The number of hydrogen-bond donors (Lipinski definition) is 2. The van der Waals surface area contributed by atoms with Crippen LogP contribution in [0.25, 0.3) is 0 Å². The van der Waals surface area contributed by atoms with Crippen molar-refractivity contribution in [2.45, 2.75) is 12.8 Å². The van der Waals surface area contributed by atoms with E-state index in [1.54, 1.807) is 0 Å². The molecule has 0 atom stereocenters. The summed E-state index contributed by atoms with van der Waals surface area (Å²) in [5, 5.41) is 7.35. The maximum Gasteiger partial charge on any atom is 0.0943 e. The molecular formula is C10H12N2. The normalized spacial score (nSPS) is 16.0. The van der Waals surface area contributed by atoms with Crippen molar-refractivity contribution in [1.82, 2.24) is 0 Å². The molecule has 0 unspecified atom stereocenters. The Kier molecular flexibility index (Phi) is 1.61. The van der Waals surface area contributed by atoms with Gasteiger partial charge in [0.1, 0.15) is 0 Å². The Morgan fingerprint density at radius 3 is 2.17 bits per heavy atom. The molecule has 0 amide bonds. The zero-order chi connectivity index (χ0) is 8.55. The average molecular weight is 160 g/mol. The molecule has 2 rings (SSSR count). The van der Waals surface area contributed by atoms with Crippen LogP contribution in [0.15, 0.2) is 24.3 Å². The fourth-order valence-corrected chi connectivity index (χ4v) is 1.78. The Morgan fingerprint density at radius 1 is 1.25 bits per heavy atom. The molecule has 3 N–H and O–H groups in total. The predicted octanol–water partition coefficient (Wildman–Crippen LogP) is 1.34. The number of nitrogens with one attached hydrogen (secondary N) is 1. The zero-order valence-corrected chi connectivity index (χ0v) is 6.88. The molecule has 0 heterocycles. The maximum absolute atomic E-state index is 7.35. The second-order valence-corrected chi connectivity index (χ2v) is 3.33. The first-order valence-corrected chi connectivity index (χ1v) is 4.18. The van der Waals surface area contributed by atoms with Gasteiger partial charge < -0.3 is 5.73 Å². The third-order valence-electron chi connectivity index (χ3n) is 2.49. The smallest absolute Gasteiger partial charge is 0.0943 e. The van der Waals surface area contributed by atoms with Gasteiger partial charge >= 0.3 is 0 Å². The summed E-state index contributed by atoms with van der Waals surface area (Å²) in [5.41, 5.74) is 8.18. The van der Waals surface area contributed by atoms with Crippen LogP contribution in [0.5, 0.6) is 0 Å². The molecule has 0 saturated heterocycles. The molecule has 0 bridgehead atoms. The van der Waals surface area contributed by atoms with Gasteiger partial charge in [0.05, 0.1) is 5.84 Å². The highest BCUT2D eigenvalue weighted by Gasteiger charge is 2.22. The van der Waals surface area contributed by atoms with Crippen LogP contribution in [0, 0.1) is 11.3 Å². The second kappa shape index (κ2) is 2.63. The lowest BCUT2D eigenvalue weighted by molar-refractivity contribution is 0.736. The average Bonchev–Trinajstić information content (AvgIpc) is 2.46. The number of rotatable bonds is 1. The SMILES string of the molecule is N=C(N)C1Cc2ccccc2C1. The summed E-state index contributed by atoms with van der Waals surface area (Å²) >= 11 is 0. The molecule has 0 fully saturated rings. The molecule has 1 aliphatic rings. The summed E-state index contributed by atoms with van der Waals surface area (Å²) in [7, 11) is 0. The van der Waals surface area contributed by atoms with E-state index in [4.69, 9.17) is 11.1 Å². The van der Waals surface area contributed by atoms with Crippen LogP contribution in [0.3, 0.4) is 0 Å². The van der Waals surface area contributed by atoms with Gasteiger partial charge in [0.2, 0.25) is 0 Å². The molecule has 0 radical (unpaired) electrons. The highest BCUT2D eigenvalue weighted by atomic mass is 14.7. The molecule has 0 aliphatic heterocycles. The molecule has 0 saturated carbocycles. The number of fused-ring (bicyclic) bond motifs is 1. The summed E-state index contributed by atoms with van der Waals surface area (Å²) < 4.78 is 0. The maximum atomic E-state index is 7.35. The van der Waals surface area contributed by atoms with E-state index in [-0.39, 0.29) is 5.92 Å². The minimum Gasteiger partial charge on any atom is -0.387 e. The van der Waals surface area contributed by atoms with E-state index in [9.17, 15) is 0 Å². The first kappa shape index (κ1) is 7.35. The standard InChI is InChI=1S/C10H12N2/c11-10(12)9-5-7-3-1-2-4-8(7)6-9/h1-4,9H,5-6H2,(H3,11,12). The molecule has 1 aromatic carbocycles. The van der Waals surface area contributed by atoms with E-state index in [1.807, 2.05) is 12.1 Å². The molecule has 12 heavy (non-hydrogen) atoms. The van der Waals surface area contributed by atoms with Crippen molar-refractivity contribution >= 4 is 5.84 Å². The van der Waals surface area contributed by atoms with Crippen LogP contribution in [-0.2, 0) is 12.8 Å². The lowest BCUT2D eigenvalue weighted by Gasteiger charge is -2.03. The summed E-state index contributed by atoms with van der Waals surface area (Å²) in [6.07, 6.45) is 1.90. The van der Waals surface area contributed by atoms with Gasteiger partial charge in [0.25, 0.3) is 0 Å². The summed E-state index contributed by atoms with van der Waals surface area (Å²) in [5.74, 6) is 0.577. The molecule has 0 spiro atoms. The van der Waals surface area contributed by atoms with E-state index < -0.39 is 0 Å². The van der Waals surface area contributed by atoms with Crippen LogP contribution in [-0.4, -0.2) is 5.84 Å². The fourth-order valence-electron chi connectivity index (χ4n) is 1.78. The topological polar surface area (TPSA) is 49.9 Å². The van der Waals surface area contributed by atoms with Gasteiger partial charge in [-0.05, 0) is 24.0 Å². The summed E-state index contributed by atoms with van der Waals surface area (Å²) in [4.78, 5) is 0. The minimum atomic E-state index is 0.252. The highest BCUT2D eigenvalue weighted by molar-refractivity contribution is 5.81. The lowest BCUT2D eigenvalue weighted by atomic mass is 10.1. The molecule has 2 nitrogen and oxygen atoms in total. The van der Waals surface area contributed by atoms with Gasteiger partial charge in [-0.2, -0.15) is 0 Å². The minimum absolute atomic E-state index is 0.252. The quantitative estimate of drug-likeness (QED) is 0.472. The van der Waals surface area contributed by atoms with E-state index >= 15 is 0 Å². The summed E-state index contributed by atoms with van der Waals surface area (Å²) in [6.45, 7) is 0. The Labute approximate surface area is 71.9 Å². The molecular weight excluding hydrogens is 148 g/mol. The Balaban J connectivity index is 2.27. The highest BCUT2D eigenvalue weighted by Crippen LogP contribution is 2.25. The van der Waals surface area contributed by atoms with Crippen LogP contribution in [0.1, 0.15) is 11.1 Å². The van der Waals surface area contributed by atoms with Crippen molar-refractivity contribution in [2.75, 3.05) is 0 Å². The Hall–Kier alpha value is -1.31. The van der Waals surface area contributed by atoms with Crippen LogP contribution in [0.4, 0.5) is 0 Å². The van der Waals surface area contributed by atoms with Crippen LogP contribution < -0.4 is 5.73 Å². The van der Waals surface area contributed by atoms with Gasteiger partial charge in [0.15, 0.2) is 0 Å². The lowest BCUT2D eigenvalue weighted by Crippen LogP contribution is -2.22. The predicted molar refractivity (Wildman–Crippen MR) is 49.3 cm³/mol. The van der Waals surface area contributed by atoms with Gasteiger partial charge in [0, 0.05) is 5.92 Å². The van der Waals surface area contributed by atoms with Crippen molar-refractivity contribution in [2.24, 2.45) is 11.7 Å². The monoisotopic (exact) mass is 160 g/mol. The number of nitrogens with two attached hydrogens (primary N) is 1. The molecule has 1 aromatic rings. The van der Waals surface area contributed by atoms with Crippen molar-refractivity contribution in [3.8, 4) is 0 Å². The largest absolute Gasteiger partial charge is 0.387 e. The van der Waals surface area contributed by atoms with Crippen molar-refractivity contribution in [3.05, 3.63) is 35.4 Å².